The Morgan fingerprint density at radius 1 is 0.529 bits per heavy atom. The monoisotopic (exact) mass is 493 g/mol. The molecular formula is C25H55N3O6. The van der Waals surface area contributed by atoms with Crippen LogP contribution in [0, 0.1) is 0 Å². The number of unbranched alkanes of at least 4 members (excludes halogenated alkanes) is 4. The van der Waals surface area contributed by atoms with Crippen LogP contribution >= 0.6 is 0 Å². The zero-order chi connectivity index (χ0) is 26.3. The van der Waals surface area contributed by atoms with E-state index in [1.807, 2.05) is 13.8 Å². The first-order chi connectivity index (χ1) is 16.0. The predicted octanol–water partition coefficient (Wildman–Crippen LogP) is 2.19. The van der Waals surface area contributed by atoms with E-state index in [9.17, 15) is 30.6 Å². The number of aliphatic hydroxyl groups is 6. The van der Waals surface area contributed by atoms with E-state index in [1.54, 1.807) is 23.6 Å². The maximum atomic E-state index is 11.0. The van der Waals surface area contributed by atoms with Gasteiger partial charge in [-0.3, -0.25) is 9.80 Å². The molecule has 0 rings (SSSR count). The van der Waals surface area contributed by atoms with Crippen molar-refractivity contribution in [2.45, 2.75) is 149 Å². The third-order valence-corrected chi connectivity index (χ3v) is 6.54. The first kappa shape index (κ1) is 33.6. The van der Waals surface area contributed by atoms with Gasteiger partial charge in [0.1, 0.15) is 37.4 Å². The molecule has 0 heterocycles. The van der Waals surface area contributed by atoms with Crippen LogP contribution in [0.15, 0.2) is 0 Å². The van der Waals surface area contributed by atoms with Crippen LogP contribution in [0.5, 0.6) is 0 Å². The molecule has 0 aliphatic carbocycles. The largest absolute Gasteiger partial charge is 0.379 e. The van der Waals surface area contributed by atoms with E-state index in [4.69, 9.17) is 0 Å². The number of nitrogens with zero attached hydrogens (tertiary/aromatic N) is 3. The average molecular weight is 494 g/mol. The molecule has 0 aromatic carbocycles. The highest BCUT2D eigenvalue weighted by atomic mass is 16.3. The summed E-state index contributed by atoms with van der Waals surface area (Å²) in [6.07, 6.45) is 1.82. The molecule has 9 nitrogen and oxygen atoms in total. The Morgan fingerprint density at radius 2 is 0.912 bits per heavy atom. The minimum atomic E-state index is -0.959. The number of hydrogen-bond donors (Lipinski definition) is 6. The number of aliphatic hydroxyl groups excluding tert-OH is 6. The topological polar surface area (TPSA) is 131 Å². The third-order valence-electron chi connectivity index (χ3n) is 6.54. The molecule has 0 amide bonds. The van der Waals surface area contributed by atoms with Crippen molar-refractivity contribution in [2.24, 2.45) is 0 Å². The van der Waals surface area contributed by atoms with Gasteiger partial charge in [0.05, 0.1) is 0 Å². The second kappa shape index (κ2) is 18.8. The minimum absolute atomic E-state index is 0.128. The molecular weight excluding hydrogens is 438 g/mol. The maximum absolute atomic E-state index is 11.0. The standard InChI is InChI=1S/C25H55N3O6/c1-7-11-13-15-24(33)27(25(34)16-14-12-8-2)18-21(17-26(19(5)29)20(6)30)28(22(31)9-3)23(32)10-4/h19-25,29-34H,7-18H2,1-6H3. The molecule has 34 heavy (non-hydrogen) atoms. The minimum Gasteiger partial charge on any atom is -0.379 e. The Balaban J connectivity index is 6.08. The molecule has 0 aliphatic heterocycles. The van der Waals surface area contributed by atoms with Crippen LogP contribution in [-0.4, -0.2) is 102 Å². The molecule has 206 valence electrons. The summed E-state index contributed by atoms with van der Waals surface area (Å²) in [5, 5.41) is 64.2. The van der Waals surface area contributed by atoms with Gasteiger partial charge in [-0.1, -0.05) is 53.4 Å². The van der Waals surface area contributed by atoms with Crippen LogP contribution < -0.4 is 0 Å². The van der Waals surface area contributed by atoms with Gasteiger partial charge >= 0.3 is 0 Å². The number of rotatable bonds is 21. The van der Waals surface area contributed by atoms with Crippen LogP contribution in [0.4, 0.5) is 0 Å². The molecule has 0 fully saturated rings. The van der Waals surface area contributed by atoms with Gasteiger partial charge in [0.2, 0.25) is 0 Å². The van der Waals surface area contributed by atoms with E-state index < -0.39 is 43.4 Å². The lowest BCUT2D eigenvalue weighted by Gasteiger charge is -2.45. The highest BCUT2D eigenvalue weighted by molar-refractivity contribution is 4.84. The molecule has 0 saturated carbocycles. The van der Waals surface area contributed by atoms with Crippen molar-refractivity contribution < 1.29 is 30.6 Å². The van der Waals surface area contributed by atoms with Gasteiger partial charge < -0.3 is 30.6 Å². The summed E-state index contributed by atoms with van der Waals surface area (Å²) in [5.74, 6) is 0. The van der Waals surface area contributed by atoms with Gasteiger partial charge in [0, 0.05) is 19.1 Å². The SMILES string of the molecule is CCCCCC(O)N(CC(CN(C(C)O)C(C)O)N(C(O)CC)C(O)CC)C(O)CCCCC. The van der Waals surface area contributed by atoms with Crippen molar-refractivity contribution in [3.63, 3.8) is 0 Å². The molecule has 6 N–H and O–H groups in total. The summed E-state index contributed by atoms with van der Waals surface area (Å²) in [5.41, 5.74) is 0. The lowest BCUT2D eigenvalue weighted by molar-refractivity contribution is -0.175. The summed E-state index contributed by atoms with van der Waals surface area (Å²) in [7, 11) is 0. The van der Waals surface area contributed by atoms with Gasteiger partial charge in [0.25, 0.3) is 0 Å². The molecule has 7 atom stereocenters. The van der Waals surface area contributed by atoms with Crippen molar-refractivity contribution in [1.82, 2.24) is 14.7 Å². The van der Waals surface area contributed by atoms with Crippen molar-refractivity contribution >= 4 is 0 Å². The fourth-order valence-electron chi connectivity index (χ4n) is 4.38. The lowest BCUT2D eigenvalue weighted by atomic mass is 10.1. The predicted molar refractivity (Wildman–Crippen MR) is 135 cm³/mol. The molecule has 7 unspecified atom stereocenters. The zero-order valence-corrected chi connectivity index (χ0v) is 22.6. The van der Waals surface area contributed by atoms with Crippen LogP contribution in [0.3, 0.4) is 0 Å². The van der Waals surface area contributed by atoms with Crippen LogP contribution in [0.1, 0.15) is 106 Å². The summed E-state index contributed by atoms with van der Waals surface area (Å²) in [6, 6.07) is -0.573. The first-order valence-electron chi connectivity index (χ1n) is 13.4. The highest BCUT2D eigenvalue weighted by Crippen LogP contribution is 2.22. The van der Waals surface area contributed by atoms with Gasteiger partial charge in [-0.25, -0.2) is 4.90 Å². The van der Waals surface area contributed by atoms with Gasteiger partial charge in [-0.05, 0) is 52.4 Å². The van der Waals surface area contributed by atoms with Crippen LogP contribution in [0.2, 0.25) is 0 Å². The van der Waals surface area contributed by atoms with Crippen molar-refractivity contribution in [3.05, 3.63) is 0 Å². The quantitative estimate of drug-likeness (QED) is 0.105. The molecule has 0 saturated heterocycles. The van der Waals surface area contributed by atoms with E-state index >= 15 is 0 Å². The molecule has 0 aromatic rings. The van der Waals surface area contributed by atoms with Gasteiger partial charge in [-0.15, -0.1) is 0 Å². The molecule has 0 spiro atoms. The van der Waals surface area contributed by atoms with Crippen LogP contribution in [-0.2, 0) is 0 Å². The van der Waals surface area contributed by atoms with Crippen molar-refractivity contribution in [3.8, 4) is 0 Å². The fraction of sp³-hybridized carbons (Fsp3) is 1.00. The second-order valence-electron chi connectivity index (χ2n) is 9.49. The Labute approximate surface area is 208 Å². The Bertz CT molecular complexity index is 452. The molecule has 0 bridgehead atoms. The third kappa shape index (κ3) is 12.1. The molecule has 0 aromatic heterocycles. The average Bonchev–Trinajstić information content (AvgIpc) is 2.79. The second-order valence-corrected chi connectivity index (χ2v) is 9.49. The van der Waals surface area contributed by atoms with Gasteiger partial charge in [-0.2, -0.15) is 0 Å². The van der Waals surface area contributed by atoms with E-state index in [1.165, 1.54) is 4.90 Å². The van der Waals surface area contributed by atoms with E-state index in [-0.39, 0.29) is 13.1 Å². The number of hydrogen-bond acceptors (Lipinski definition) is 9. The van der Waals surface area contributed by atoms with Gasteiger partial charge in [0.15, 0.2) is 0 Å². The van der Waals surface area contributed by atoms with E-state index in [2.05, 4.69) is 13.8 Å². The van der Waals surface area contributed by atoms with Crippen LogP contribution in [0.25, 0.3) is 0 Å². The lowest BCUT2D eigenvalue weighted by Crippen LogP contribution is -2.61. The summed E-state index contributed by atoms with van der Waals surface area (Å²) in [4.78, 5) is 4.69. The first-order valence-corrected chi connectivity index (χ1v) is 13.4. The Hall–Kier alpha value is -0.360. The van der Waals surface area contributed by atoms with Crippen molar-refractivity contribution in [2.75, 3.05) is 13.1 Å². The Morgan fingerprint density at radius 3 is 1.24 bits per heavy atom. The molecule has 0 radical (unpaired) electrons. The molecule has 9 heteroatoms. The fourth-order valence-corrected chi connectivity index (χ4v) is 4.38. The highest BCUT2D eigenvalue weighted by Gasteiger charge is 2.36. The summed E-state index contributed by atoms with van der Waals surface area (Å²) >= 11 is 0. The zero-order valence-electron chi connectivity index (χ0n) is 22.6. The normalized spacial score (nSPS) is 18.8. The summed E-state index contributed by atoms with van der Waals surface area (Å²) in [6.45, 7) is 11.2. The molecule has 0 aliphatic rings. The smallest absolute Gasteiger partial charge is 0.109 e. The van der Waals surface area contributed by atoms with E-state index in [0.29, 0.717) is 25.7 Å². The maximum Gasteiger partial charge on any atom is 0.109 e. The van der Waals surface area contributed by atoms with Crippen molar-refractivity contribution in [1.29, 1.82) is 0 Å². The summed E-state index contributed by atoms with van der Waals surface area (Å²) < 4.78 is 0. The van der Waals surface area contributed by atoms with E-state index in [0.717, 1.165) is 38.5 Å². The Kier molecular flexibility index (Phi) is 18.6.